The van der Waals surface area contributed by atoms with Crippen molar-refractivity contribution in [3.8, 4) is 5.88 Å². The largest absolute Gasteiger partial charge is 0.481 e. The summed E-state index contributed by atoms with van der Waals surface area (Å²) < 4.78 is 8.59. The third-order valence-electron chi connectivity index (χ3n) is 2.56. The highest BCUT2D eigenvalue weighted by Gasteiger charge is 2.13. The lowest BCUT2D eigenvalue weighted by Gasteiger charge is -2.06. The van der Waals surface area contributed by atoms with E-state index in [0.29, 0.717) is 5.88 Å². The van der Waals surface area contributed by atoms with E-state index in [1.54, 1.807) is 6.20 Å². The van der Waals surface area contributed by atoms with E-state index < -0.39 is 0 Å². The molecule has 0 aromatic carbocycles. The molecule has 8 heteroatoms. The van der Waals surface area contributed by atoms with E-state index in [1.807, 2.05) is 19.9 Å². The Labute approximate surface area is 118 Å². The number of hydrogen-bond donors (Lipinski definition) is 0. The number of ether oxygens (including phenoxy) is 1. The van der Waals surface area contributed by atoms with Crippen molar-refractivity contribution >= 4 is 15.9 Å². The van der Waals surface area contributed by atoms with E-state index in [9.17, 15) is 4.79 Å². The smallest absolute Gasteiger partial charge is 0.364 e. The minimum absolute atomic E-state index is 0.0243. The van der Waals surface area contributed by atoms with Gasteiger partial charge in [0, 0.05) is 16.2 Å². The maximum absolute atomic E-state index is 12.0. The first-order valence-electron chi connectivity index (χ1n) is 5.73. The van der Waals surface area contributed by atoms with Crippen molar-refractivity contribution in [2.45, 2.75) is 26.4 Å². The van der Waals surface area contributed by atoms with Gasteiger partial charge >= 0.3 is 5.69 Å². The van der Waals surface area contributed by atoms with Crippen molar-refractivity contribution in [3.63, 3.8) is 0 Å². The van der Waals surface area contributed by atoms with Crippen LogP contribution in [-0.2, 0) is 6.54 Å². The summed E-state index contributed by atoms with van der Waals surface area (Å²) in [5.41, 5.74) is 0.506. The molecular formula is C11H14BrN5O2. The second-order valence-corrected chi connectivity index (χ2v) is 5.20. The standard InChI is InChI=1S/C11H14BrN5O2/c1-7(2)17-11(18)16(14-15-17)6-8-4-9(12)5-13-10(8)19-3/h4-5,7H,6H2,1-3H3. The summed E-state index contributed by atoms with van der Waals surface area (Å²) in [6, 6.07) is 1.82. The summed E-state index contributed by atoms with van der Waals surface area (Å²) in [4.78, 5) is 16.2. The van der Waals surface area contributed by atoms with Gasteiger partial charge in [0.05, 0.1) is 19.7 Å². The van der Waals surface area contributed by atoms with Gasteiger partial charge in [-0.3, -0.25) is 0 Å². The average molecular weight is 328 g/mol. The lowest BCUT2D eigenvalue weighted by Crippen LogP contribution is -2.27. The molecule has 0 unspecified atom stereocenters. The molecule has 0 saturated carbocycles. The summed E-state index contributed by atoms with van der Waals surface area (Å²) in [5, 5.41) is 7.69. The molecule has 0 aliphatic carbocycles. The Morgan fingerprint density at radius 1 is 1.42 bits per heavy atom. The van der Waals surface area contributed by atoms with E-state index in [0.717, 1.165) is 10.0 Å². The maximum atomic E-state index is 12.0. The minimum Gasteiger partial charge on any atom is -0.481 e. The molecule has 0 saturated heterocycles. The topological polar surface area (TPSA) is 74.8 Å². The average Bonchev–Trinajstić information content (AvgIpc) is 2.71. The van der Waals surface area contributed by atoms with Crippen molar-refractivity contribution in [1.29, 1.82) is 0 Å². The summed E-state index contributed by atoms with van der Waals surface area (Å²) >= 11 is 3.34. The Balaban J connectivity index is 2.36. The van der Waals surface area contributed by atoms with Crippen LogP contribution in [0.4, 0.5) is 0 Å². The molecule has 19 heavy (non-hydrogen) atoms. The fourth-order valence-corrected chi connectivity index (χ4v) is 2.02. The van der Waals surface area contributed by atoms with Crippen LogP contribution >= 0.6 is 15.9 Å². The van der Waals surface area contributed by atoms with Crippen LogP contribution in [0.2, 0.25) is 0 Å². The van der Waals surface area contributed by atoms with Crippen LogP contribution < -0.4 is 10.4 Å². The zero-order valence-electron chi connectivity index (χ0n) is 10.9. The van der Waals surface area contributed by atoms with Crippen LogP contribution in [-0.4, -0.2) is 31.9 Å². The zero-order chi connectivity index (χ0) is 14.0. The van der Waals surface area contributed by atoms with Crippen LogP contribution in [0.3, 0.4) is 0 Å². The van der Waals surface area contributed by atoms with Gasteiger partial charge < -0.3 is 4.74 Å². The second kappa shape index (κ2) is 5.52. The molecule has 0 radical (unpaired) electrons. The summed E-state index contributed by atoms with van der Waals surface area (Å²) in [5.74, 6) is 0.467. The molecular weight excluding hydrogens is 314 g/mol. The van der Waals surface area contributed by atoms with Crippen molar-refractivity contribution in [2.24, 2.45) is 0 Å². The van der Waals surface area contributed by atoms with Gasteiger partial charge in [0.15, 0.2) is 0 Å². The predicted octanol–water partition coefficient (Wildman–Crippen LogP) is 1.24. The number of hydrogen-bond acceptors (Lipinski definition) is 5. The molecule has 0 atom stereocenters. The molecule has 2 aromatic heterocycles. The number of pyridine rings is 1. The minimum atomic E-state index is -0.253. The van der Waals surface area contributed by atoms with Gasteiger partial charge in [-0.1, -0.05) is 0 Å². The second-order valence-electron chi connectivity index (χ2n) is 4.28. The van der Waals surface area contributed by atoms with Crippen molar-refractivity contribution < 1.29 is 4.74 Å². The van der Waals surface area contributed by atoms with Gasteiger partial charge in [-0.05, 0) is 46.3 Å². The number of halogens is 1. The van der Waals surface area contributed by atoms with Crippen LogP contribution in [0.1, 0.15) is 25.5 Å². The van der Waals surface area contributed by atoms with E-state index in [1.165, 1.54) is 16.5 Å². The van der Waals surface area contributed by atoms with Crippen molar-refractivity contribution in [2.75, 3.05) is 7.11 Å². The molecule has 2 heterocycles. The van der Waals surface area contributed by atoms with Gasteiger partial charge in [-0.25, -0.2) is 9.78 Å². The molecule has 2 rings (SSSR count). The number of tetrazole rings is 1. The number of methoxy groups -OCH3 is 1. The van der Waals surface area contributed by atoms with E-state index in [2.05, 4.69) is 31.3 Å². The fraction of sp³-hybridized carbons (Fsp3) is 0.455. The molecule has 0 spiro atoms. The Morgan fingerprint density at radius 3 is 2.74 bits per heavy atom. The molecule has 0 bridgehead atoms. The zero-order valence-corrected chi connectivity index (χ0v) is 12.5. The SMILES string of the molecule is COc1ncc(Br)cc1Cn1nnn(C(C)C)c1=O. The van der Waals surface area contributed by atoms with Crippen LogP contribution in [0, 0.1) is 0 Å². The molecule has 2 aromatic rings. The third kappa shape index (κ3) is 2.83. The fourth-order valence-electron chi connectivity index (χ4n) is 1.64. The van der Waals surface area contributed by atoms with E-state index in [4.69, 9.17) is 4.74 Å². The van der Waals surface area contributed by atoms with Crippen LogP contribution in [0.15, 0.2) is 21.5 Å². The Bertz CT molecular complexity index is 634. The van der Waals surface area contributed by atoms with Crippen molar-refractivity contribution in [3.05, 3.63) is 32.8 Å². The lowest BCUT2D eigenvalue weighted by molar-refractivity contribution is 0.389. The van der Waals surface area contributed by atoms with Gasteiger partial charge in [0.1, 0.15) is 0 Å². The van der Waals surface area contributed by atoms with Gasteiger partial charge in [-0.2, -0.15) is 9.36 Å². The van der Waals surface area contributed by atoms with Crippen molar-refractivity contribution in [1.82, 2.24) is 24.8 Å². The first kappa shape index (κ1) is 13.7. The molecule has 0 N–H and O–H groups in total. The quantitative estimate of drug-likeness (QED) is 0.844. The molecule has 7 nitrogen and oxygen atoms in total. The highest BCUT2D eigenvalue weighted by molar-refractivity contribution is 9.10. The number of rotatable bonds is 4. The summed E-state index contributed by atoms with van der Waals surface area (Å²) in [6.45, 7) is 4.02. The molecule has 102 valence electrons. The molecule has 0 aliphatic heterocycles. The summed E-state index contributed by atoms with van der Waals surface area (Å²) in [7, 11) is 1.54. The highest BCUT2D eigenvalue weighted by Crippen LogP contribution is 2.19. The summed E-state index contributed by atoms with van der Waals surface area (Å²) in [6.07, 6.45) is 1.63. The molecule has 0 amide bonds. The number of aromatic nitrogens is 5. The van der Waals surface area contributed by atoms with Gasteiger partial charge in [0.25, 0.3) is 0 Å². The Kier molecular flexibility index (Phi) is 3.98. The first-order chi connectivity index (χ1) is 9.02. The van der Waals surface area contributed by atoms with E-state index >= 15 is 0 Å². The predicted molar refractivity (Wildman–Crippen MR) is 72.3 cm³/mol. The van der Waals surface area contributed by atoms with Crippen LogP contribution in [0.25, 0.3) is 0 Å². The monoisotopic (exact) mass is 327 g/mol. The van der Waals surface area contributed by atoms with Gasteiger partial charge in [0.2, 0.25) is 5.88 Å². The lowest BCUT2D eigenvalue weighted by atomic mass is 10.3. The normalized spacial score (nSPS) is 11.0. The Hall–Kier alpha value is -1.70. The highest BCUT2D eigenvalue weighted by atomic mass is 79.9. The van der Waals surface area contributed by atoms with Crippen LogP contribution in [0.5, 0.6) is 5.88 Å². The molecule has 0 fully saturated rings. The Morgan fingerprint density at radius 2 is 2.16 bits per heavy atom. The first-order valence-corrected chi connectivity index (χ1v) is 6.53. The van der Waals surface area contributed by atoms with E-state index in [-0.39, 0.29) is 18.3 Å². The molecule has 0 aliphatic rings. The third-order valence-corrected chi connectivity index (χ3v) is 2.99. The maximum Gasteiger partial charge on any atom is 0.364 e. The van der Waals surface area contributed by atoms with Gasteiger partial charge in [-0.15, -0.1) is 0 Å². The number of nitrogens with zero attached hydrogens (tertiary/aromatic N) is 5.